The largest absolute Gasteiger partial charge is 0.395 e. The summed E-state index contributed by atoms with van der Waals surface area (Å²) in [5.74, 6) is -0.314. The van der Waals surface area contributed by atoms with Crippen LogP contribution < -0.4 is 5.32 Å². The molecule has 13 heavy (non-hydrogen) atoms. The lowest BCUT2D eigenvalue weighted by molar-refractivity contribution is 0.311. The fourth-order valence-corrected chi connectivity index (χ4v) is 1.46. The van der Waals surface area contributed by atoms with E-state index in [1.54, 1.807) is 6.07 Å². The molecule has 0 unspecified atom stereocenters. The minimum absolute atomic E-state index is 0.0141. The first-order chi connectivity index (χ1) is 6.16. The Morgan fingerprint density at radius 3 is 2.85 bits per heavy atom. The number of hydrogen-bond donors (Lipinski definition) is 2. The highest BCUT2D eigenvalue weighted by atomic mass is 79.9. The van der Waals surface area contributed by atoms with Gasteiger partial charge in [-0.05, 0) is 34.5 Å². The average Bonchev–Trinajstić information content (AvgIpc) is 2.12. The van der Waals surface area contributed by atoms with Crippen molar-refractivity contribution in [3.8, 4) is 0 Å². The second kappa shape index (κ2) is 4.58. The van der Waals surface area contributed by atoms with Crippen LogP contribution in [0, 0.1) is 12.7 Å². The van der Waals surface area contributed by atoms with Crippen molar-refractivity contribution in [1.82, 2.24) is 0 Å². The average molecular weight is 248 g/mol. The van der Waals surface area contributed by atoms with Crippen molar-refractivity contribution in [3.05, 3.63) is 28.0 Å². The number of anilines is 1. The standard InChI is InChI=1S/C9H11BrFNO/c1-6-2-3-7(11)9(8(6)10)12-4-5-13/h2-3,12-13H,4-5H2,1H3. The molecule has 0 saturated carbocycles. The normalized spacial score (nSPS) is 10.2. The molecule has 0 bridgehead atoms. The van der Waals surface area contributed by atoms with Gasteiger partial charge < -0.3 is 10.4 Å². The van der Waals surface area contributed by atoms with E-state index in [4.69, 9.17) is 5.11 Å². The van der Waals surface area contributed by atoms with Gasteiger partial charge >= 0.3 is 0 Å². The second-order valence-corrected chi connectivity index (χ2v) is 3.50. The van der Waals surface area contributed by atoms with E-state index in [0.29, 0.717) is 16.7 Å². The molecular formula is C9H11BrFNO. The van der Waals surface area contributed by atoms with Gasteiger partial charge in [0.25, 0.3) is 0 Å². The van der Waals surface area contributed by atoms with E-state index < -0.39 is 0 Å². The van der Waals surface area contributed by atoms with E-state index >= 15 is 0 Å². The molecule has 1 aromatic rings. The highest BCUT2D eigenvalue weighted by Gasteiger charge is 2.07. The van der Waals surface area contributed by atoms with Crippen LogP contribution in [0.15, 0.2) is 16.6 Å². The maximum Gasteiger partial charge on any atom is 0.147 e. The summed E-state index contributed by atoms with van der Waals surface area (Å²) in [6.45, 7) is 2.21. The van der Waals surface area contributed by atoms with Crippen molar-refractivity contribution in [1.29, 1.82) is 0 Å². The summed E-state index contributed by atoms with van der Waals surface area (Å²) >= 11 is 3.28. The fourth-order valence-electron chi connectivity index (χ4n) is 1.000. The number of benzene rings is 1. The molecule has 2 nitrogen and oxygen atoms in total. The molecule has 0 aliphatic heterocycles. The number of nitrogens with one attached hydrogen (secondary N) is 1. The van der Waals surface area contributed by atoms with Gasteiger partial charge in [-0.3, -0.25) is 0 Å². The highest BCUT2D eigenvalue weighted by Crippen LogP contribution is 2.28. The molecule has 0 aliphatic carbocycles. The maximum atomic E-state index is 13.2. The quantitative estimate of drug-likeness (QED) is 0.860. The van der Waals surface area contributed by atoms with Crippen LogP contribution in [0.25, 0.3) is 0 Å². The molecule has 2 N–H and O–H groups in total. The van der Waals surface area contributed by atoms with Crippen molar-refractivity contribution in [2.45, 2.75) is 6.92 Å². The van der Waals surface area contributed by atoms with Crippen LogP contribution >= 0.6 is 15.9 Å². The second-order valence-electron chi connectivity index (χ2n) is 2.70. The predicted molar refractivity (Wildman–Crippen MR) is 54.4 cm³/mol. The van der Waals surface area contributed by atoms with Gasteiger partial charge in [0.2, 0.25) is 0 Å². The lowest BCUT2D eigenvalue weighted by Gasteiger charge is -2.09. The molecule has 0 spiro atoms. The Morgan fingerprint density at radius 1 is 1.54 bits per heavy atom. The SMILES string of the molecule is Cc1ccc(F)c(NCCO)c1Br. The van der Waals surface area contributed by atoms with E-state index in [1.807, 2.05) is 6.92 Å². The summed E-state index contributed by atoms with van der Waals surface area (Å²) in [6.07, 6.45) is 0. The van der Waals surface area contributed by atoms with E-state index in [9.17, 15) is 4.39 Å². The van der Waals surface area contributed by atoms with Crippen molar-refractivity contribution < 1.29 is 9.50 Å². The van der Waals surface area contributed by atoms with Gasteiger partial charge in [-0.25, -0.2) is 4.39 Å². The third-order valence-corrected chi connectivity index (χ3v) is 2.72. The van der Waals surface area contributed by atoms with Gasteiger partial charge in [0.1, 0.15) is 5.82 Å². The summed E-state index contributed by atoms with van der Waals surface area (Å²) < 4.78 is 13.9. The highest BCUT2D eigenvalue weighted by molar-refractivity contribution is 9.10. The molecule has 72 valence electrons. The molecule has 0 atom stereocenters. The molecule has 0 aromatic heterocycles. The lowest BCUT2D eigenvalue weighted by atomic mass is 10.2. The molecule has 0 fully saturated rings. The molecule has 0 aliphatic rings. The number of aliphatic hydroxyl groups is 1. The topological polar surface area (TPSA) is 32.3 Å². The van der Waals surface area contributed by atoms with Gasteiger partial charge in [0, 0.05) is 11.0 Å². The zero-order valence-corrected chi connectivity index (χ0v) is 8.86. The lowest BCUT2D eigenvalue weighted by Crippen LogP contribution is -2.08. The summed E-state index contributed by atoms with van der Waals surface area (Å²) in [6, 6.07) is 3.10. The van der Waals surface area contributed by atoms with Gasteiger partial charge in [-0.15, -0.1) is 0 Å². The zero-order valence-electron chi connectivity index (χ0n) is 7.27. The van der Waals surface area contributed by atoms with Crippen LogP contribution in [0.3, 0.4) is 0 Å². The third kappa shape index (κ3) is 2.42. The Labute approximate surface area is 84.9 Å². The Hall–Kier alpha value is -0.610. The van der Waals surface area contributed by atoms with Crippen LogP contribution in [0.1, 0.15) is 5.56 Å². The minimum atomic E-state index is -0.314. The van der Waals surface area contributed by atoms with Crippen molar-refractivity contribution in [2.75, 3.05) is 18.5 Å². The fraction of sp³-hybridized carbons (Fsp3) is 0.333. The van der Waals surface area contributed by atoms with E-state index in [2.05, 4.69) is 21.2 Å². The molecule has 1 aromatic carbocycles. The Bertz CT molecular complexity index is 304. The van der Waals surface area contributed by atoms with Crippen LogP contribution in [-0.4, -0.2) is 18.3 Å². The zero-order chi connectivity index (χ0) is 9.84. The van der Waals surface area contributed by atoms with Crippen molar-refractivity contribution in [3.63, 3.8) is 0 Å². The smallest absolute Gasteiger partial charge is 0.147 e. The van der Waals surface area contributed by atoms with E-state index in [-0.39, 0.29) is 12.4 Å². The first kappa shape index (κ1) is 10.5. The van der Waals surface area contributed by atoms with Gasteiger partial charge in [-0.2, -0.15) is 0 Å². The van der Waals surface area contributed by atoms with E-state index in [1.165, 1.54) is 6.07 Å². The molecule has 0 radical (unpaired) electrons. The molecule has 0 saturated heterocycles. The van der Waals surface area contributed by atoms with Crippen LogP contribution in [0.2, 0.25) is 0 Å². The Morgan fingerprint density at radius 2 is 2.23 bits per heavy atom. The Balaban J connectivity index is 2.96. The predicted octanol–water partition coefficient (Wildman–Crippen LogP) is 2.30. The first-order valence-electron chi connectivity index (χ1n) is 3.96. The van der Waals surface area contributed by atoms with Crippen LogP contribution in [0.4, 0.5) is 10.1 Å². The minimum Gasteiger partial charge on any atom is -0.395 e. The Kier molecular flexibility index (Phi) is 3.69. The number of aryl methyl sites for hydroxylation is 1. The van der Waals surface area contributed by atoms with Gasteiger partial charge in [-0.1, -0.05) is 6.07 Å². The summed E-state index contributed by atoms with van der Waals surface area (Å²) in [7, 11) is 0. The molecule has 1 rings (SSSR count). The molecule has 4 heteroatoms. The van der Waals surface area contributed by atoms with Crippen LogP contribution in [-0.2, 0) is 0 Å². The van der Waals surface area contributed by atoms with Crippen molar-refractivity contribution >= 4 is 21.6 Å². The van der Waals surface area contributed by atoms with Crippen molar-refractivity contribution in [2.24, 2.45) is 0 Å². The monoisotopic (exact) mass is 247 g/mol. The summed E-state index contributed by atoms with van der Waals surface area (Å²) in [5, 5.41) is 11.4. The van der Waals surface area contributed by atoms with Gasteiger partial charge in [0.05, 0.1) is 12.3 Å². The van der Waals surface area contributed by atoms with Gasteiger partial charge in [0.15, 0.2) is 0 Å². The maximum absolute atomic E-state index is 13.2. The number of hydrogen-bond acceptors (Lipinski definition) is 2. The number of rotatable bonds is 3. The summed E-state index contributed by atoms with van der Waals surface area (Å²) in [4.78, 5) is 0. The molecule has 0 amide bonds. The van der Waals surface area contributed by atoms with E-state index in [0.717, 1.165) is 5.56 Å². The molecular weight excluding hydrogens is 237 g/mol. The number of halogens is 2. The third-order valence-electron chi connectivity index (χ3n) is 1.70. The molecule has 0 heterocycles. The number of aliphatic hydroxyl groups excluding tert-OH is 1. The van der Waals surface area contributed by atoms with Crippen LogP contribution in [0.5, 0.6) is 0 Å². The first-order valence-corrected chi connectivity index (χ1v) is 4.75. The summed E-state index contributed by atoms with van der Waals surface area (Å²) in [5.41, 5.74) is 1.37.